The van der Waals surface area contributed by atoms with E-state index in [1.54, 1.807) is 4.57 Å². The van der Waals surface area contributed by atoms with Crippen LogP contribution in [0.25, 0.3) is 11.2 Å². The summed E-state index contributed by atoms with van der Waals surface area (Å²) in [6.07, 6.45) is 0.291. The van der Waals surface area contributed by atoms with Gasteiger partial charge in [-0.1, -0.05) is 30.3 Å². The van der Waals surface area contributed by atoms with Crippen LogP contribution in [0.5, 0.6) is 0 Å². The van der Waals surface area contributed by atoms with Crippen LogP contribution < -0.4 is 11.1 Å². The van der Waals surface area contributed by atoms with E-state index in [1.165, 1.54) is 30.0 Å². The molecule has 1 saturated heterocycles. The standard InChI is InChI=1S/C22H28N6O5S/c23-14(22(31)32)7-9-34-10-15-17(29)18(30)21(33-15)28-12-27-16-19(25-11-26-20(16)28)24-8-6-13-4-2-1-3-5-13/h1-5,11-12,14-15,17-18,21,29-30H,6-10,23H2,(H,31,32)(H,24,25,26)/t14-,15+,17+,18+,21+/m0/s1. The van der Waals surface area contributed by atoms with E-state index in [2.05, 4.69) is 32.4 Å². The average molecular weight is 489 g/mol. The fourth-order valence-corrected chi connectivity index (χ4v) is 4.86. The summed E-state index contributed by atoms with van der Waals surface area (Å²) in [5, 5.41) is 33.3. The van der Waals surface area contributed by atoms with Crippen molar-refractivity contribution in [2.24, 2.45) is 5.73 Å². The number of aliphatic hydroxyl groups is 2. The van der Waals surface area contributed by atoms with Crippen LogP contribution in [0.4, 0.5) is 5.82 Å². The molecule has 2 aromatic heterocycles. The number of thioether (sulfide) groups is 1. The van der Waals surface area contributed by atoms with E-state index in [1.807, 2.05) is 18.2 Å². The number of hydrogen-bond donors (Lipinski definition) is 5. The fraction of sp³-hybridized carbons (Fsp3) is 0.455. The van der Waals surface area contributed by atoms with Gasteiger partial charge in [0.05, 0.1) is 12.4 Å². The molecular weight excluding hydrogens is 460 g/mol. The van der Waals surface area contributed by atoms with Crippen molar-refractivity contribution in [3.05, 3.63) is 48.5 Å². The first-order valence-corrected chi connectivity index (χ1v) is 12.1. The molecule has 5 atom stereocenters. The number of imidazole rings is 1. The van der Waals surface area contributed by atoms with Gasteiger partial charge in [-0.15, -0.1) is 0 Å². The van der Waals surface area contributed by atoms with Gasteiger partial charge in [-0.2, -0.15) is 11.8 Å². The predicted molar refractivity (Wildman–Crippen MR) is 127 cm³/mol. The van der Waals surface area contributed by atoms with E-state index < -0.39 is 36.6 Å². The Bertz CT molecular complexity index is 1100. The summed E-state index contributed by atoms with van der Waals surface area (Å²) in [4.78, 5) is 23.8. The van der Waals surface area contributed by atoms with Crippen molar-refractivity contribution in [3.8, 4) is 0 Å². The number of benzene rings is 1. The maximum Gasteiger partial charge on any atom is 0.320 e. The van der Waals surface area contributed by atoms with E-state index in [0.29, 0.717) is 41.5 Å². The number of carboxylic acids is 1. The molecule has 0 unspecified atom stereocenters. The molecule has 1 aliphatic rings. The van der Waals surface area contributed by atoms with E-state index in [9.17, 15) is 15.0 Å². The number of aliphatic hydroxyl groups excluding tert-OH is 2. The van der Waals surface area contributed by atoms with Crippen LogP contribution in [-0.2, 0) is 16.0 Å². The van der Waals surface area contributed by atoms with E-state index in [4.69, 9.17) is 15.6 Å². The average Bonchev–Trinajstić information content (AvgIpc) is 3.39. The minimum Gasteiger partial charge on any atom is -0.480 e. The van der Waals surface area contributed by atoms with Crippen molar-refractivity contribution >= 4 is 34.7 Å². The number of hydrogen-bond acceptors (Lipinski definition) is 10. The zero-order valence-corrected chi connectivity index (χ0v) is 19.2. The summed E-state index contributed by atoms with van der Waals surface area (Å²) in [7, 11) is 0. The molecule has 0 bridgehead atoms. The van der Waals surface area contributed by atoms with Gasteiger partial charge in [-0.3, -0.25) is 9.36 Å². The lowest BCUT2D eigenvalue weighted by Crippen LogP contribution is -2.33. The molecule has 182 valence electrons. The van der Waals surface area contributed by atoms with Crippen LogP contribution in [0, 0.1) is 0 Å². The summed E-state index contributed by atoms with van der Waals surface area (Å²) in [6.45, 7) is 0.662. The van der Waals surface area contributed by atoms with Crippen molar-refractivity contribution in [1.29, 1.82) is 0 Å². The Balaban J connectivity index is 1.39. The molecule has 0 aliphatic carbocycles. The topological polar surface area (TPSA) is 169 Å². The number of nitrogens with one attached hydrogen (secondary N) is 1. The first-order chi connectivity index (χ1) is 16.5. The maximum atomic E-state index is 10.8. The van der Waals surface area contributed by atoms with Crippen molar-refractivity contribution in [1.82, 2.24) is 19.5 Å². The lowest BCUT2D eigenvalue weighted by Gasteiger charge is -2.16. The van der Waals surface area contributed by atoms with Crippen molar-refractivity contribution in [2.75, 3.05) is 23.4 Å². The number of aliphatic carboxylic acids is 1. The molecule has 34 heavy (non-hydrogen) atoms. The Morgan fingerprint density at radius 3 is 2.76 bits per heavy atom. The maximum absolute atomic E-state index is 10.8. The second kappa shape index (κ2) is 11.1. The van der Waals surface area contributed by atoms with Crippen molar-refractivity contribution in [3.63, 3.8) is 0 Å². The number of rotatable bonds is 11. The monoisotopic (exact) mass is 488 g/mol. The van der Waals surface area contributed by atoms with Crippen LogP contribution in [0.3, 0.4) is 0 Å². The third kappa shape index (κ3) is 5.47. The SMILES string of the molecule is N[C@@H](CCSC[C@H]1O[C@@H](n2cnc3c(NCCc4ccccc4)ncnc32)[C@H](O)[C@@H]1O)C(=O)O. The van der Waals surface area contributed by atoms with Crippen LogP contribution in [-0.4, -0.2) is 83.2 Å². The van der Waals surface area contributed by atoms with Gasteiger partial charge < -0.3 is 31.1 Å². The highest BCUT2D eigenvalue weighted by molar-refractivity contribution is 7.99. The molecule has 4 rings (SSSR count). The van der Waals surface area contributed by atoms with Crippen LogP contribution >= 0.6 is 11.8 Å². The Hall–Kier alpha value is -2.77. The van der Waals surface area contributed by atoms with Crippen LogP contribution in [0.1, 0.15) is 18.2 Å². The molecule has 0 spiro atoms. The second-order valence-corrected chi connectivity index (χ2v) is 9.21. The highest BCUT2D eigenvalue weighted by Gasteiger charge is 2.44. The summed E-state index contributed by atoms with van der Waals surface area (Å²) in [5.74, 6) is 0.417. The minimum atomic E-state index is -1.17. The van der Waals surface area contributed by atoms with E-state index in [0.717, 1.165) is 6.42 Å². The molecule has 3 aromatic rings. The van der Waals surface area contributed by atoms with Gasteiger partial charge in [0.25, 0.3) is 0 Å². The molecule has 1 aliphatic heterocycles. The Kier molecular flexibility index (Phi) is 7.95. The Labute approximate surface area is 200 Å². The summed E-state index contributed by atoms with van der Waals surface area (Å²) in [6, 6.07) is 9.17. The molecule has 0 amide bonds. The molecule has 11 nitrogen and oxygen atoms in total. The van der Waals surface area contributed by atoms with Gasteiger partial charge in [-0.25, -0.2) is 15.0 Å². The number of aromatic nitrogens is 4. The van der Waals surface area contributed by atoms with Gasteiger partial charge in [0.1, 0.15) is 24.6 Å². The zero-order valence-electron chi connectivity index (χ0n) is 18.4. The van der Waals surface area contributed by atoms with Gasteiger partial charge in [0.2, 0.25) is 0 Å². The third-order valence-corrected chi connectivity index (χ3v) is 6.78. The summed E-state index contributed by atoms with van der Waals surface area (Å²) >= 11 is 1.41. The second-order valence-electron chi connectivity index (χ2n) is 8.06. The Morgan fingerprint density at radius 2 is 2.00 bits per heavy atom. The molecule has 1 fully saturated rings. The Morgan fingerprint density at radius 1 is 1.21 bits per heavy atom. The van der Waals surface area contributed by atoms with Crippen LogP contribution in [0.2, 0.25) is 0 Å². The lowest BCUT2D eigenvalue weighted by molar-refractivity contribution is -0.138. The highest BCUT2D eigenvalue weighted by Crippen LogP contribution is 2.33. The molecule has 3 heterocycles. The third-order valence-electron chi connectivity index (χ3n) is 5.69. The lowest BCUT2D eigenvalue weighted by atomic mass is 10.1. The number of anilines is 1. The van der Waals surface area contributed by atoms with E-state index in [-0.39, 0.29) is 0 Å². The number of carbonyl (C=O) groups is 1. The molecule has 12 heteroatoms. The normalized spacial score (nSPS) is 23.3. The van der Waals surface area contributed by atoms with Gasteiger partial charge >= 0.3 is 5.97 Å². The summed E-state index contributed by atoms with van der Waals surface area (Å²) < 4.78 is 7.54. The fourth-order valence-electron chi connectivity index (χ4n) is 3.77. The molecule has 0 radical (unpaired) electrons. The number of nitrogens with two attached hydrogens (primary N) is 1. The highest BCUT2D eigenvalue weighted by atomic mass is 32.2. The van der Waals surface area contributed by atoms with Gasteiger partial charge in [0.15, 0.2) is 23.2 Å². The quantitative estimate of drug-likeness (QED) is 0.240. The minimum absolute atomic E-state index is 0.303. The van der Waals surface area contributed by atoms with Gasteiger partial charge in [0, 0.05) is 12.3 Å². The zero-order chi connectivity index (χ0) is 24.1. The smallest absolute Gasteiger partial charge is 0.320 e. The van der Waals surface area contributed by atoms with E-state index >= 15 is 0 Å². The number of fused-ring (bicyclic) bond motifs is 1. The molecule has 1 aromatic carbocycles. The molecule has 6 N–H and O–H groups in total. The van der Waals surface area contributed by atoms with Gasteiger partial charge in [-0.05, 0) is 24.2 Å². The first kappa shape index (κ1) is 24.4. The largest absolute Gasteiger partial charge is 0.480 e. The van der Waals surface area contributed by atoms with Crippen LogP contribution in [0.15, 0.2) is 43.0 Å². The number of carboxylic acid groups (broad SMARTS) is 1. The number of ether oxygens (including phenoxy) is 1. The molecular formula is C22H28N6O5S. The number of nitrogens with zero attached hydrogens (tertiary/aromatic N) is 4. The predicted octanol–water partition coefficient (Wildman–Crippen LogP) is 0.635. The van der Waals surface area contributed by atoms with Crippen molar-refractivity contribution < 1.29 is 24.9 Å². The molecule has 0 saturated carbocycles. The summed E-state index contributed by atoms with van der Waals surface area (Å²) in [5.41, 5.74) is 7.74. The first-order valence-electron chi connectivity index (χ1n) is 11.0. The van der Waals surface area contributed by atoms with Crippen molar-refractivity contribution in [2.45, 2.75) is 43.4 Å².